The molecule has 0 spiro atoms. The Kier molecular flexibility index (Phi) is 13.0. The molecule has 1 amide bonds. The maximum atomic E-state index is 13.9. The first-order valence-corrected chi connectivity index (χ1v) is 18.7. The number of anilines is 2. The van der Waals surface area contributed by atoms with Gasteiger partial charge in [-0.1, -0.05) is 55.8 Å². The zero-order valence-electron chi connectivity index (χ0n) is 31.1. The SMILES string of the molecule is CCCCOC(C)Oc1ccc(-c2ccc3c(c2)C=C(C(=O)Nc2ccc(CN(C)C4CCOCC4)cc2)CCN3Cc2cccc(OC)c2)cc1. The molecule has 274 valence electrons. The number of hydrogen-bond donors (Lipinski definition) is 1. The molecule has 0 saturated carbocycles. The lowest BCUT2D eigenvalue weighted by molar-refractivity contribution is -0.112. The molecular formula is C44H53N3O5. The third kappa shape index (κ3) is 10.0. The number of carbonyl (C=O) groups excluding carboxylic acids is 1. The van der Waals surface area contributed by atoms with Gasteiger partial charge in [0.2, 0.25) is 0 Å². The Morgan fingerprint density at radius 1 is 0.942 bits per heavy atom. The van der Waals surface area contributed by atoms with E-state index in [4.69, 9.17) is 18.9 Å². The van der Waals surface area contributed by atoms with Crippen molar-refractivity contribution in [1.82, 2.24) is 4.90 Å². The van der Waals surface area contributed by atoms with Crippen molar-refractivity contribution in [2.75, 3.05) is 50.7 Å². The first kappa shape index (κ1) is 37.1. The van der Waals surface area contributed by atoms with E-state index in [0.717, 1.165) is 96.1 Å². The van der Waals surface area contributed by atoms with Gasteiger partial charge in [-0.2, -0.15) is 0 Å². The molecule has 1 fully saturated rings. The van der Waals surface area contributed by atoms with Crippen LogP contribution >= 0.6 is 0 Å². The van der Waals surface area contributed by atoms with Crippen LogP contribution in [0.3, 0.4) is 0 Å². The second kappa shape index (κ2) is 18.2. The summed E-state index contributed by atoms with van der Waals surface area (Å²) in [4.78, 5) is 18.6. The average molecular weight is 704 g/mol. The van der Waals surface area contributed by atoms with Gasteiger partial charge in [-0.25, -0.2) is 0 Å². The summed E-state index contributed by atoms with van der Waals surface area (Å²) in [6.07, 6.45) is 6.60. The Labute approximate surface area is 309 Å². The summed E-state index contributed by atoms with van der Waals surface area (Å²) in [5.74, 6) is 1.52. The van der Waals surface area contributed by atoms with Crippen LogP contribution < -0.4 is 19.7 Å². The number of ether oxygens (including phenoxy) is 4. The van der Waals surface area contributed by atoms with Crippen molar-refractivity contribution in [3.63, 3.8) is 0 Å². The minimum absolute atomic E-state index is 0.0802. The number of hydrogen-bond acceptors (Lipinski definition) is 7. The highest BCUT2D eigenvalue weighted by Gasteiger charge is 2.22. The van der Waals surface area contributed by atoms with Gasteiger partial charge in [-0.05, 0) is 122 Å². The van der Waals surface area contributed by atoms with Gasteiger partial charge in [0.1, 0.15) is 11.5 Å². The van der Waals surface area contributed by atoms with Gasteiger partial charge >= 0.3 is 0 Å². The molecule has 1 N–H and O–H groups in total. The van der Waals surface area contributed by atoms with Gasteiger partial charge in [-0.3, -0.25) is 9.69 Å². The maximum Gasteiger partial charge on any atom is 0.251 e. The molecule has 4 aromatic carbocycles. The van der Waals surface area contributed by atoms with Crippen LogP contribution in [0.1, 0.15) is 62.6 Å². The van der Waals surface area contributed by atoms with Crippen molar-refractivity contribution in [1.29, 1.82) is 0 Å². The molecule has 0 bridgehead atoms. The number of rotatable bonds is 15. The molecule has 2 heterocycles. The van der Waals surface area contributed by atoms with Gasteiger partial charge < -0.3 is 29.2 Å². The zero-order chi connectivity index (χ0) is 36.3. The van der Waals surface area contributed by atoms with Crippen molar-refractivity contribution < 1.29 is 23.7 Å². The second-order valence-corrected chi connectivity index (χ2v) is 13.8. The average Bonchev–Trinajstić information content (AvgIpc) is 3.35. The molecule has 52 heavy (non-hydrogen) atoms. The van der Waals surface area contributed by atoms with Crippen molar-refractivity contribution in [3.8, 4) is 22.6 Å². The number of nitrogens with zero attached hydrogens (tertiary/aromatic N) is 2. The summed E-state index contributed by atoms with van der Waals surface area (Å²) >= 11 is 0. The molecule has 8 heteroatoms. The molecule has 1 saturated heterocycles. The van der Waals surface area contributed by atoms with Gasteiger partial charge in [0.15, 0.2) is 6.29 Å². The molecule has 4 aromatic rings. The molecule has 6 rings (SSSR count). The van der Waals surface area contributed by atoms with Crippen molar-refractivity contribution in [2.24, 2.45) is 0 Å². The number of methoxy groups -OCH3 is 1. The Balaban J connectivity index is 1.20. The van der Waals surface area contributed by atoms with E-state index in [0.29, 0.717) is 32.2 Å². The minimum Gasteiger partial charge on any atom is -0.497 e. The molecular weight excluding hydrogens is 650 g/mol. The van der Waals surface area contributed by atoms with Crippen LogP contribution in [0, 0.1) is 0 Å². The maximum absolute atomic E-state index is 13.9. The zero-order valence-corrected chi connectivity index (χ0v) is 31.1. The number of unbranched alkanes of at least 4 members (excludes halogenated alkanes) is 1. The molecule has 1 unspecified atom stereocenters. The first-order valence-electron chi connectivity index (χ1n) is 18.7. The first-order chi connectivity index (χ1) is 25.4. The lowest BCUT2D eigenvalue weighted by Crippen LogP contribution is -2.36. The summed E-state index contributed by atoms with van der Waals surface area (Å²) in [6.45, 7) is 8.69. The third-order valence-corrected chi connectivity index (χ3v) is 9.95. The quantitative estimate of drug-likeness (QED) is 0.0979. The Bertz CT molecular complexity index is 1780. The smallest absolute Gasteiger partial charge is 0.251 e. The van der Waals surface area contributed by atoms with E-state index in [9.17, 15) is 4.79 Å². The molecule has 0 aromatic heterocycles. The fourth-order valence-corrected chi connectivity index (χ4v) is 6.90. The van der Waals surface area contributed by atoms with E-state index in [1.165, 1.54) is 5.56 Å². The van der Waals surface area contributed by atoms with Crippen molar-refractivity contribution in [3.05, 3.63) is 113 Å². The van der Waals surface area contributed by atoms with E-state index in [1.807, 2.05) is 43.3 Å². The summed E-state index contributed by atoms with van der Waals surface area (Å²) in [5.41, 5.74) is 8.15. The van der Waals surface area contributed by atoms with Gasteiger partial charge in [0, 0.05) is 55.8 Å². The van der Waals surface area contributed by atoms with Gasteiger partial charge in [0.05, 0.1) is 13.7 Å². The van der Waals surface area contributed by atoms with Crippen LogP contribution in [0.4, 0.5) is 11.4 Å². The van der Waals surface area contributed by atoms with Crippen LogP contribution in [0.15, 0.2) is 96.6 Å². The number of carbonyl (C=O) groups is 1. The van der Waals surface area contributed by atoms with Crippen LogP contribution in [0.25, 0.3) is 17.2 Å². The Morgan fingerprint density at radius 2 is 1.71 bits per heavy atom. The lowest BCUT2D eigenvalue weighted by Gasteiger charge is -2.31. The summed E-state index contributed by atoms with van der Waals surface area (Å²) < 4.78 is 22.8. The second-order valence-electron chi connectivity index (χ2n) is 13.8. The normalized spacial score (nSPS) is 15.4. The van der Waals surface area contributed by atoms with Crippen LogP contribution in [-0.4, -0.2) is 63.7 Å². The van der Waals surface area contributed by atoms with E-state index in [1.54, 1.807) is 7.11 Å². The predicted molar refractivity (Wildman–Crippen MR) is 210 cm³/mol. The van der Waals surface area contributed by atoms with Crippen molar-refractivity contribution >= 4 is 23.4 Å². The number of nitrogens with one attached hydrogen (secondary N) is 1. The van der Waals surface area contributed by atoms with Gasteiger partial charge in [-0.15, -0.1) is 0 Å². The molecule has 2 aliphatic rings. The fourth-order valence-electron chi connectivity index (χ4n) is 6.90. The van der Waals surface area contributed by atoms with E-state index in [-0.39, 0.29) is 12.2 Å². The largest absolute Gasteiger partial charge is 0.497 e. The van der Waals surface area contributed by atoms with Crippen LogP contribution in [-0.2, 0) is 27.4 Å². The van der Waals surface area contributed by atoms with Crippen LogP contribution in [0.5, 0.6) is 11.5 Å². The minimum atomic E-state index is -0.308. The topological polar surface area (TPSA) is 72.5 Å². The highest BCUT2D eigenvalue weighted by molar-refractivity contribution is 6.07. The monoisotopic (exact) mass is 703 g/mol. The highest BCUT2D eigenvalue weighted by Crippen LogP contribution is 2.34. The van der Waals surface area contributed by atoms with Gasteiger partial charge in [0.25, 0.3) is 5.91 Å². The van der Waals surface area contributed by atoms with E-state index < -0.39 is 0 Å². The van der Waals surface area contributed by atoms with Crippen LogP contribution in [0.2, 0.25) is 0 Å². The summed E-state index contributed by atoms with van der Waals surface area (Å²) in [5, 5.41) is 3.18. The predicted octanol–water partition coefficient (Wildman–Crippen LogP) is 8.95. The Hall–Kier alpha value is -4.63. The van der Waals surface area contributed by atoms with Crippen molar-refractivity contribution in [2.45, 2.75) is 71.4 Å². The number of fused-ring (bicyclic) bond motifs is 1. The number of amides is 1. The summed E-state index contributed by atoms with van der Waals surface area (Å²) in [7, 11) is 3.87. The molecule has 0 radical (unpaired) electrons. The molecule has 8 nitrogen and oxygen atoms in total. The standard InChI is InChI=1S/C44H53N3O5/c1-5-6-24-51-32(2)52-41-17-12-35(13-18-41)36-14-19-43-38(28-36)29-37(20-23-47(43)31-34-8-7-9-42(27-34)49-4)44(48)45-39-15-10-33(11-16-39)30-46(3)40-21-25-50-26-22-40/h7-19,27-29,32,40H,5-6,20-26,30-31H2,1-4H3,(H,45,48). The summed E-state index contributed by atoms with van der Waals surface area (Å²) in [6, 6.07) is 31.6. The highest BCUT2D eigenvalue weighted by atomic mass is 16.7. The molecule has 0 aliphatic carbocycles. The third-order valence-electron chi connectivity index (χ3n) is 9.95. The molecule has 1 atom stereocenters. The fraction of sp³-hybridized carbons (Fsp3) is 0.386. The van der Waals surface area contributed by atoms with E-state index >= 15 is 0 Å². The Morgan fingerprint density at radius 3 is 2.46 bits per heavy atom. The lowest BCUT2D eigenvalue weighted by atomic mass is 10.00. The number of benzene rings is 4. The molecule has 2 aliphatic heterocycles. The van der Waals surface area contributed by atoms with E-state index in [2.05, 4.69) is 89.8 Å².